The molecule has 0 N–H and O–H groups in total. The Morgan fingerprint density at radius 2 is 1.81 bits per heavy atom. The SMILES string of the molecule is Cc1csc(CN2CCN(C(=O)c3cccc4ccccc34)CC2)n1.Cl. The molecule has 1 aliphatic heterocycles. The van der Waals surface area contributed by atoms with Crippen LogP contribution in [0.15, 0.2) is 47.8 Å². The predicted molar refractivity (Wildman–Crippen MR) is 109 cm³/mol. The van der Waals surface area contributed by atoms with E-state index in [1.54, 1.807) is 11.3 Å². The number of aromatic nitrogens is 1. The molecule has 136 valence electrons. The van der Waals surface area contributed by atoms with E-state index in [1.165, 1.54) is 0 Å². The van der Waals surface area contributed by atoms with Crippen molar-refractivity contribution in [2.75, 3.05) is 26.2 Å². The molecular weight excluding hydrogens is 366 g/mol. The number of hydrogen-bond acceptors (Lipinski definition) is 4. The number of benzene rings is 2. The summed E-state index contributed by atoms with van der Waals surface area (Å²) in [5.41, 5.74) is 1.90. The van der Waals surface area contributed by atoms with Crippen molar-refractivity contribution in [3.63, 3.8) is 0 Å². The Kier molecular flexibility index (Phi) is 5.91. The van der Waals surface area contributed by atoms with Gasteiger partial charge in [0, 0.05) is 42.8 Å². The van der Waals surface area contributed by atoms with Gasteiger partial charge in [0.05, 0.1) is 6.54 Å². The maximum Gasteiger partial charge on any atom is 0.254 e. The fourth-order valence-electron chi connectivity index (χ4n) is 3.36. The van der Waals surface area contributed by atoms with Crippen LogP contribution in [0.3, 0.4) is 0 Å². The Labute approximate surface area is 163 Å². The number of carbonyl (C=O) groups is 1. The summed E-state index contributed by atoms with van der Waals surface area (Å²) in [6.07, 6.45) is 0. The van der Waals surface area contributed by atoms with E-state index in [2.05, 4.69) is 27.4 Å². The lowest BCUT2D eigenvalue weighted by Crippen LogP contribution is -2.48. The van der Waals surface area contributed by atoms with Crippen LogP contribution in [0.25, 0.3) is 10.8 Å². The van der Waals surface area contributed by atoms with Gasteiger partial charge < -0.3 is 4.90 Å². The van der Waals surface area contributed by atoms with E-state index in [0.717, 1.165) is 59.8 Å². The number of fused-ring (bicyclic) bond motifs is 1. The van der Waals surface area contributed by atoms with Crippen molar-refractivity contribution in [2.24, 2.45) is 0 Å². The Bertz CT molecular complexity index is 897. The summed E-state index contributed by atoms with van der Waals surface area (Å²) < 4.78 is 0. The molecule has 0 bridgehead atoms. The normalized spacial score (nSPS) is 15.0. The molecular formula is C20H22ClN3OS. The molecule has 26 heavy (non-hydrogen) atoms. The minimum absolute atomic E-state index is 0. The number of rotatable bonds is 3. The monoisotopic (exact) mass is 387 g/mol. The van der Waals surface area contributed by atoms with Gasteiger partial charge in [-0.1, -0.05) is 36.4 Å². The third kappa shape index (κ3) is 3.90. The fourth-order valence-corrected chi connectivity index (χ4v) is 4.17. The van der Waals surface area contributed by atoms with Gasteiger partial charge in [0.2, 0.25) is 0 Å². The van der Waals surface area contributed by atoms with Crippen molar-refractivity contribution in [2.45, 2.75) is 13.5 Å². The zero-order chi connectivity index (χ0) is 17.2. The largest absolute Gasteiger partial charge is 0.336 e. The van der Waals surface area contributed by atoms with Crippen molar-refractivity contribution in [3.8, 4) is 0 Å². The second-order valence-electron chi connectivity index (χ2n) is 6.48. The van der Waals surface area contributed by atoms with Crippen LogP contribution in [0, 0.1) is 6.92 Å². The van der Waals surface area contributed by atoms with E-state index in [4.69, 9.17) is 0 Å². The predicted octanol–water partition coefficient (Wildman–Crippen LogP) is 3.98. The average Bonchev–Trinajstić information content (AvgIpc) is 3.06. The number of carbonyl (C=O) groups excluding carboxylic acids is 1. The summed E-state index contributed by atoms with van der Waals surface area (Å²) in [6.45, 7) is 6.25. The van der Waals surface area contributed by atoms with Crippen LogP contribution >= 0.6 is 23.7 Å². The fraction of sp³-hybridized carbons (Fsp3) is 0.300. The highest BCUT2D eigenvalue weighted by Crippen LogP contribution is 2.21. The van der Waals surface area contributed by atoms with Crippen LogP contribution in [0.4, 0.5) is 0 Å². The molecule has 0 spiro atoms. The Morgan fingerprint density at radius 1 is 1.08 bits per heavy atom. The summed E-state index contributed by atoms with van der Waals surface area (Å²) in [7, 11) is 0. The van der Waals surface area contributed by atoms with Gasteiger partial charge in [-0.05, 0) is 23.8 Å². The van der Waals surface area contributed by atoms with Crippen LogP contribution in [-0.2, 0) is 6.54 Å². The molecule has 0 unspecified atom stereocenters. The minimum Gasteiger partial charge on any atom is -0.336 e. The van der Waals surface area contributed by atoms with Gasteiger partial charge in [0.15, 0.2) is 0 Å². The van der Waals surface area contributed by atoms with Crippen molar-refractivity contribution >= 4 is 40.4 Å². The van der Waals surface area contributed by atoms with Crippen molar-refractivity contribution in [1.29, 1.82) is 0 Å². The Morgan fingerprint density at radius 3 is 2.54 bits per heavy atom. The highest BCUT2D eigenvalue weighted by molar-refractivity contribution is 7.09. The molecule has 0 saturated carbocycles. The maximum absolute atomic E-state index is 13.0. The van der Waals surface area contributed by atoms with Gasteiger partial charge in [-0.15, -0.1) is 23.7 Å². The zero-order valence-corrected chi connectivity index (χ0v) is 16.4. The molecule has 1 amide bonds. The molecule has 4 nitrogen and oxygen atoms in total. The molecule has 6 heteroatoms. The van der Waals surface area contributed by atoms with Crippen LogP contribution in [0.1, 0.15) is 21.1 Å². The number of nitrogens with zero attached hydrogens (tertiary/aromatic N) is 3. The van der Waals surface area contributed by atoms with E-state index in [1.807, 2.05) is 42.2 Å². The van der Waals surface area contributed by atoms with Gasteiger partial charge in [-0.3, -0.25) is 9.69 Å². The first kappa shape index (κ1) is 18.8. The first-order valence-electron chi connectivity index (χ1n) is 8.61. The lowest BCUT2D eigenvalue weighted by atomic mass is 10.0. The summed E-state index contributed by atoms with van der Waals surface area (Å²) in [5, 5.41) is 5.41. The second-order valence-corrected chi connectivity index (χ2v) is 7.42. The number of thiazole rings is 1. The van der Waals surface area contributed by atoms with Crippen LogP contribution in [0.2, 0.25) is 0 Å². The third-order valence-electron chi connectivity index (χ3n) is 4.70. The number of aryl methyl sites for hydroxylation is 1. The molecule has 1 saturated heterocycles. The first-order valence-corrected chi connectivity index (χ1v) is 9.49. The molecule has 2 aromatic carbocycles. The van der Waals surface area contributed by atoms with Gasteiger partial charge in [-0.2, -0.15) is 0 Å². The van der Waals surface area contributed by atoms with Gasteiger partial charge in [0.25, 0.3) is 5.91 Å². The van der Waals surface area contributed by atoms with Crippen LogP contribution in [-0.4, -0.2) is 46.9 Å². The Balaban J connectivity index is 0.00000196. The van der Waals surface area contributed by atoms with E-state index < -0.39 is 0 Å². The molecule has 2 heterocycles. The lowest BCUT2D eigenvalue weighted by molar-refractivity contribution is 0.0630. The van der Waals surface area contributed by atoms with Crippen LogP contribution in [0.5, 0.6) is 0 Å². The lowest BCUT2D eigenvalue weighted by Gasteiger charge is -2.34. The molecule has 0 aliphatic carbocycles. The number of hydrogen-bond donors (Lipinski definition) is 0. The molecule has 1 aliphatic rings. The van der Waals surface area contributed by atoms with Crippen LogP contribution < -0.4 is 0 Å². The number of amides is 1. The van der Waals surface area contributed by atoms with Crippen molar-refractivity contribution in [3.05, 3.63) is 64.1 Å². The zero-order valence-electron chi connectivity index (χ0n) is 14.7. The van der Waals surface area contributed by atoms with Crippen molar-refractivity contribution < 1.29 is 4.79 Å². The highest BCUT2D eigenvalue weighted by Gasteiger charge is 2.23. The van der Waals surface area contributed by atoms with E-state index in [-0.39, 0.29) is 18.3 Å². The average molecular weight is 388 g/mol. The number of piperazine rings is 1. The smallest absolute Gasteiger partial charge is 0.254 e. The molecule has 3 aromatic rings. The minimum atomic E-state index is 0. The van der Waals surface area contributed by atoms with E-state index in [0.29, 0.717) is 0 Å². The summed E-state index contributed by atoms with van der Waals surface area (Å²) in [6, 6.07) is 14.1. The second kappa shape index (κ2) is 8.16. The maximum atomic E-state index is 13.0. The van der Waals surface area contributed by atoms with E-state index >= 15 is 0 Å². The topological polar surface area (TPSA) is 36.4 Å². The third-order valence-corrected chi connectivity index (χ3v) is 5.66. The summed E-state index contributed by atoms with van der Waals surface area (Å²) in [5.74, 6) is 0.140. The first-order chi connectivity index (χ1) is 12.2. The molecule has 0 atom stereocenters. The Hall–Kier alpha value is -1.95. The van der Waals surface area contributed by atoms with Crippen molar-refractivity contribution in [1.82, 2.24) is 14.8 Å². The molecule has 0 radical (unpaired) electrons. The summed E-state index contributed by atoms with van der Waals surface area (Å²) in [4.78, 5) is 21.9. The quantitative estimate of drug-likeness (QED) is 0.681. The van der Waals surface area contributed by atoms with E-state index in [9.17, 15) is 4.79 Å². The summed E-state index contributed by atoms with van der Waals surface area (Å²) >= 11 is 1.72. The van der Waals surface area contributed by atoms with Gasteiger partial charge >= 0.3 is 0 Å². The number of halogens is 1. The molecule has 1 aromatic heterocycles. The van der Waals surface area contributed by atoms with Gasteiger partial charge in [-0.25, -0.2) is 4.98 Å². The molecule has 4 rings (SSSR count). The van der Waals surface area contributed by atoms with Gasteiger partial charge in [0.1, 0.15) is 5.01 Å². The molecule has 1 fully saturated rings. The standard InChI is InChI=1S/C20H21N3OS.ClH/c1-15-14-25-19(21-15)13-22-9-11-23(12-10-22)20(24)18-8-4-6-16-5-2-3-7-17(16)18;/h2-8,14H,9-13H2,1H3;1H. The highest BCUT2D eigenvalue weighted by atomic mass is 35.5.